The minimum Gasteiger partial charge on any atom is -0.386 e. The zero-order chi connectivity index (χ0) is 18.4. The van der Waals surface area contributed by atoms with Gasteiger partial charge < -0.3 is 15.4 Å². The van der Waals surface area contributed by atoms with Gasteiger partial charge in [0.25, 0.3) is 0 Å². The van der Waals surface area contributed by atoms with Crippen LogP contribution in [-0.2, 0) is 14.3 Å². The van der Waals surface area contributed by atoms with Crippen molar-refractivity contribution in [2.24, 2.45) is 0 Å². The first-order valence-electron chi connectivity index (χ1n) is 7.37. The fourth-order valence-corrected chi connectivity index (χ4v) is 1.99. The van der Waals surface area contributed by atoms with E-state index in [0.717, 1.165) is 0 Å². The molecule has 7 heteroatoms. The van der Waals surface area contributed by atoms with Gasteiger partial charge >= 0.3 is 11.9 Å². The summed E-state index contributed by atoms with van der Waals surface area (Å²) in [7, 11) is 0. The van der Waals surface area contributed by atoms with Crippen molar-refractivity contribution >= 4 is 35.1 Å². The summed E-state index contributed by atoms with van der Waals surface area (Å²) >= 11 is 0. The lowest BCUT2D eigenvalue weighted by Crippen LogP contribution is -2.13. The van der Waals surface area contributed by atoms with Crippen molar-refractivity contribution in [3.8, 4) is 0 Å². The number of esters is 2. The summed E-state index contributed by atoms with van der Waals surface area (Å²) in [6.07, 6.45) is 0. The van der Waals surface area contributed by atoms with Crippen LogP contribution in [-0.4, -0.2) is 23.8 Å². The zero-order valence-electron chi connectivity index (χ0n) is 13.7. The van der Waals surface area contributed by atoms with Crippen molar-refractivity contribution in [1.29, 1.82) is 0 Å². The predicted octanol–water partition coefficient (Wildman–Crippen LogP) is 2.60. The van der Waals surface area contributed by atoms with Gasteiger partial charge in [-0.25, -0.2) is 9.59 Å². The van der Waals surface area contributed by atoms with Crippen molar-refractivity contribution < 1.29 is 23.9 Å². The molecule has 0 atom stereocenters. The van der Waals surface area contributed by atoms with Gasteiger partial charge in [-0.3, -0.25) is 9.59 Å². The van der Waals surface area contributed by atoms with E-state index in [1.165, 1.54) is 62.4 Å². The molecule has 0 saturated carbocycles. The molecule has 2 rings (SSSR count). The Morgan fingerprint density at radius 1 is 0.640 bits per heavy atom. The number of benzene rings is 2. The van der Waals surface area contributed by atoms with Crippen LogP contribution in [0.25, 0.3) is 0 Å². The van der Waals surface area contributed by atoms with Crippen LogP contribution in [0.1, 0.15) is 34.6 Å². The van der Waals surface area contributed by atoms with Crippen LogP contribution in [0.5, 0.6) is 0 Å². The summed E-state index contributed by atoms with van der Waals surface area (Å²) in [5, 5.41) is 5.14. The Kier molecular flexibility index (Phi) is 5.62. The Bertz CT molecular complexity index is 741. The normalized spacial score (nSPS) is 9.84. The van der Waals surface area contributed by atoms with Gasteiger partial charge in [-0.05, 0) is 48.5 Å². The van der Waals surface area contributed by atoms with Gasteiger partial charge in [-0.1, -0.05) is 0 Å². The minimum absolute atomic E-state index is 0.178. The number of anilines is 2. The van der Waals surface area contributed by atoms with E-state index < -0.39 is 11.9 Å². The number of hydrogen-bond donors (Lipinski definition) is 2. The first kappa shape index (κ1) is 17.9. The SMILES string of the molecule is CC(=O)Nc1ccc(C(=O)OC(=O)c2ccc(NC(C)=O)cc2)cc1. The lowest BCUT2D eigenvalue weighted by molar-refractivity contribution is -0.115. The molecule has 128 valence electrons. The number of carbonyl (C=O) groups excluding carboxylic acids is 4. The third-order valence-electron chi connectivity index (χ3n) is 3.07. The second-order valence-corrected chi connectivity index (χ2v) is 5.19. The van der Waals surface area contributed by atoms with Crippen LogP contribution >= 0.6 is 0 Å². The molecule has 0 fully saturated rings. The molecule has 7 nitrogen and oxygen atoms in total. The van der Waals surface area contributed by atoms with Crippen molar-refractivity contribution in [3.63, 3.8) is 0 Å². The molecule has 0 aliphatic heterocycles. The number of nitrogens with one attached hydrogen (secondary N) is 2. The highest BCUT2D eigenvalue weighted by molar-refractivity contribution is 6.03. The van der Waals surface area contributed by atoms with E-state index in [-0.39, 0.29) is 22.9 Å². The molecule has 2 N–H and O–H groups in total. The average molecular weight is 340 g/mol. The standard InChI is InChI=1S/C18H16N2O5/c1-11(21)19-15-7-3-13(4-8-15)17(23)25-18(24)14-5-9-16(10-6-14)20-12(2)22/h3-10H,1-2H3,(H,19,21)(H,20,22). The maximum absolute atomic E-state index is 12.0. The third kappa shape index (κ3) is 5.28. The molecular formula is C18H16N2O5. The molecule has 2 aromatic rings. The molecule has 0 bridgehead atoms. The molecular weight excluding hydrogens is 324 g/mol. The second-order valence-electron chi connectivity index (χ2n) is 5.19. The average Bonchev–Trinajstić information content (AvgIpc) is 2.55. The third-order valence-corrected chi connectivity index (χ3v) is 3.07. The van der Waals surface area contributed by atoms with Crippen LogP contribution in [0, 0.1) is 0 Å². The highest BCUT2D eigenvalue weighted by Gasteiger charge is 2.15. The molecule has 0 aromatic heterocycles. The quantitative estimate of drug-likeness (QED) is 0.658. The van der Waals surface area contributed by atoms with Crippen molar-refractivity contribution in [2.45, 2.75) is 13.8 Å². The van der Waals surface area contributed by atoms with E-state index in [0.29, 0.717) is 11.4 Å². The fraction of sp³-hybridized carbons (Fsp3) is 0.111. The van der Waals surface area contributed by atoms with Gasteiger partial charge in [0.1, 0.15) is 0 Å². The van der Waals surface area contributed by atoms with Crippen LogP contribution < -0.4 is 10.6 Å². The minimum atomic E-state index is -0.801. The molecule has 2 aromatic carbocycles. The van der Waals surface area contributed by atoms with E-state index in [1.807, 2.05) is 0 Å². The van der Waals surface area contributed by atoms with E-state index in [4.69, 9.17) is 4.74 Å². The summed E-state index contributed by atoms with van der Waals surface area (Å²) in [5.74, 6) is -2.06. The lowest BCUT2D eigenvalue weighted by Gasteiger charge is -2.06. The highest BCUT2D eigenvalue weighted by atomic mass is 16.6. The maximum Gasteiger partial charge on any atom is 0.346 e. The van der Waals surface area contributed by atoms with Gasteiger partial charge in [0.2, 0.25) is 11.8 Å². The van der Waals surface area contributed by atoms with E-state index >= 15 is 0 Å². The van der Waals surface area contributed by atoms with Crippen LogP contribution in [0.4, 0.5) is 11.4 Å². The zero-order valence-corrected chi connectivity index (χ0v) is 13.7. The number of carbonyl (C=O) groups is 4. The summed E-state index contributed by atoms with van der Waals surface area (Å²) in [4.78, 5) is 45.9. The number of rotatable bonds is 4. The Morgan fingerprint density at radius 2 is 0.960 bits per heavy atom. The lowest BCUT2D eigenvalue weighted by atomic mass is 10.2. The largest absolute Gasteiger partial charge is 0.386 e. The second kappa shape index (κ2) is 7.87. The molecule has 25 heavy (non-hydrogen) atoms. The van der Waals surface area contributed by atoms with Crippen molar-refractivity contribution in [3.05, 3.63) is 59.7 Å². The number of hydrogen-bond acceptors (Lipinski definition) is 5. The van der Waals surface area contributed by atoms with E-state index in [2.05, 4.69) is 10.6 Å². The summed E-state index contributed by atoms with van der Waals surface area (Å²) in [6.45, 7) is 2.75. The molecule has 0 unspecified atom stereocenters. The smallest absolute Gasteiger partial charge is 0.346 e. The molecule has 0 spiro atoms. The Morgan fingerprint density at radius 3 is 1.24 bits per heavy atom. The van der Waals surface area contributed by atoms with E-state index in [1.54, 1.807) is 0 Å². The van der Waals surface area contributed by atoms with Crippen molar-refractivity contribution in [1.82, 2.24) is 0 Å². The highest BCUT2D eigenvalue weighted by Crippen LogP contribution is 2.13. The first-order chi connectivity index (χ1) is 11.8. The fourth-order valence-electron chi connectivity index (χ4n) is 1.99. The van der Waals surface area contributed by atoms with Crippen LogP contribution in [0.3, 0.4) is 0 Å². The van der Waals surface area contributed by atoms with Gasteiger partial charge in [-0.2, -0.15) is 0 Å². The topological polar surface area (TPSA) is 102 Å². The monoisotopic (exact) mass is 340 g/mol. The van der Waals surface area contributed by atoms with Gasteiger partial charge in [0.05, 0.1) is 11.1 Å². The van der Waals surface area contributed by atoms with E-state index in [9.17, 15) is 19.2 Å². The van der Waals surface area contributed by atoms with Gasteiger partial charge in [0.15, 0.2) is 0 Å². The van der Waals surface area contributed by atoms with Crippen LogP contribution in [0.15, 0.2) is 48.5 Å². The molecule has 0 saturated heterocycles. The molecule has 0 aliphatic rings. The first-order valence-corrected chi connectivity index (χ1v) is 7.37. The molecule has 0 heterocycles. The molecule has 0 radical (unpaired) electrons. The molecule has 0 aliphatic carbocycles. The van der Waals surface area contributed by atoms with Crippen LogP contribution in [0.2, 0.25) is 0 Å². The number of amides is 2. The predicted molar refractivity (Wildman–Crippen MR) is 91.2 cm³/mol. The summed E-state index contributed by atoms with van der Waals surface area (Å²) in [6, 6.07) is 11.9. The van der Waals surface area contributed by atoms with Crippen molar-refractivity contribution in [2.75, 3.05) is 10.6 Å². The van der Waals surface area contributed by atoms with Gasteiger partial charge in [0, 0.05) is 25.2 Å². The maximum atomic E-state index is 12.0. The number of ether oxygens (including phenoxy) is 1. The molecule has 2 amide bonds. The summed E-state index contributed by atoms with van der Waals surface area (Å²) < 4.78 is 4.81. The Hall–Kier alpha value is -3.48. The van der Waals surface area contributed by atoms with Gasteiger partial charge in [-0.15, -0.1) is 0 Å². The Labute approximate surface area is 144 Å². The summed E-state index contributed by atoms with van der Waals surface area (Å²) in [5.41, 5.74) is 1.42. The Balaban J connectivity index is 2.00.